The molecule has 0 aliphatic heterocycles. The molecule has 1 atom stereocenters. The van der Waals surface area contributed by atoms with Crippen LogP contribution in [-0.2, 0) is 15.7 Å². The molecular formula is C13H14F4O2. The summed E-state index contributed by atoms with van der Waals surface area (Å²) < 4.78 is 55.6. The Bertz CT molecular complexity index is 466. The van der Waals surface area contributed by atoms with Crippen molar-refractivity contribution >= 4 is 5.97 Å². The molecule has 19 heavy (non-hydrogen) atoms. The number of ether oxygens (including phenoxy) is 1. The Kier molecular flexibility index (Phi) is 4.55. The van der Waals surface area contributed by atoms with E-state index in [0.29, 0.717) is 6.07 Å². The molecule has 0 N–H and O–H groups in total. The average Bonchev–Trinajstić information content (AvgIpc) is 2.29. The summed E-state index contributed by atoms with van der Waals surface area (Å²) in [6.07, 6.45) is -4.79. The standard InChI is InChI=1S/C13H14F4O2/c1-7(2)11(12(18)19-3)8-4-5-10(14)9(6-8)13(15,16)17/h4-7,11H,1-3H3. The minimum Gasteiger partial charge on any atom is -0.469 e. The van der Waals surface area contributed by atoms with Crippen molar-refractivity contribution in [2.24, 2.45) is 5.92 Å². The summed E-state index contributed by atoms with van der Waals surface area (Å²) in [7, 11) is 1.16. The number of rotatable bonds is 3. The first-order valence-corrected chi connectivity index (χ1v) is 5.63. The highest BCUT2D eigenvalue weighted by Crippen LogP contribution is 2.35. The van der Waals surface area contributed by atoms with Gasteiger partial charge in [0.2, 0.25) is 0 Å². The van der Waals surface area contributed by atoms with Gasteiger partial charge in [0.25, 0.3) is 0 Å². The largest absolute Gasteiger partial charge is 0.469 e. The van der Waals surface area contributed by atoms with Gasteiger partial charge in [0.05, 0.1) is 18.6 Å². The summed E-state index contributed by atoms with van der Waals surface area (Å²) in [4.78, 5) is 11.6. The zero-order valence-corrected chi connectivity index (χ0v) is 10.7. The number of halogens is 4. The Morgan fingerprint density at radius 3 is 2.26 bits per heavy atom. The lowest BCUT2D eigenvalue weighted by Crippen LogP contribution is -2.20. The molecule has 0 amide bonds. The average molecular weight is 278 g/mol. The van der Waals surface area contributed by atoms with Crippen LogP contribution in [0.2, 0.25) is 0 Å². The third kappa shape index (κ3) is 3.45. The van der Waals surface area contributed by atoms with E-state index in [9.17, 15) is 22.4 Å². The zero-order valence-electron chi connectivity index (χ0n) is 10.7. The maximum absolute atomic E-state index is 13.2. The normalized spacial score (nSPS) is 13.5. The fourth-order valence-electron chi connectivity index (χ4n) is 1.87. The molecule has 1 aromatic carbocycles. The highest BCUT2D eigenvalue weighted by Gasteiger charge is 2.36. The van der Waals surface area contributed by atoms with Crippen LogP contribution < -0.4 is 0 Å². The minimum atomic E-state index is -4.79. The maximum Gasteiger partial charge on any atom is 0.419 e. The van der Waals surface area contributed by atoms with E-state index in [1.165, 1.54) is 6.07 Å². The lowest BCUT2D eigenvalue weighted by Gasteiger charge is -2.20. The van der Waals surface area contributed by atoms with Crippen molar-refractivity contribution in [1.82, 2.24) is 0 Å². The first kappa shape index (κ1) is 15.5. The van der Waals surface area contributed by atoms with E-state index in [-0.39, 0.29) is 11.5 Å². The fourth-order valence-corrected chi connectivity index (χ4v) is 1.87. The number of benzene rings is 1. The maximum atomic E-state index is 13.2. The predicted molar refractivity (Wildman–Crippen MR) is 61.0 cm³/mol. The Balaban J connectivity index is 3.30. The first-order valence-electron chi connectivity index (χ1n) is 5.63. The van der Waals surface area contributed by atoms with Crippen LogP contribution in [0.1, 0.15) is 30.9 Å². The smallest absolute Gasteiger partial charge is 0.419 e. The highest BCUT2D eigenvalue weighted by molar-refractivity contribution is 5.78. The van der Waals surface area contributed by atoms with Crippen molar-refractivity contribution in [3.05, 3.63) is 35.1 Å². The van der Waals surface area contributed by atoms with Gasteiger partial charge in [0.1, 0.15) is 5.82 Å². The molecule has 0 saturated heterocycles. The van der Waals surface area contributed by atoms with Gasteiger partial charge in [-0.1, -0.05) is 19.9 Å². The van der Waals surface area contributed by atoms with E-state index in [0.717, 1.165) is 13.2 Å². The predicted octanol–water partition coefficient (Wildman–Crippen LogP) is 3.76. The third-order valence-electron chi connectivity index (χ3n) is 2.78. The molecule has 0 aromatic heterocycles. The molecule has 0 aliphatic rings. The second-order valence-electron chi connectivity index (χ2n) is 4.48. The van der Waals surface area contributed by atoms with Crippen molar-refractivity contribution in [1.29, 1.82) is 0 Å². The van der Waals surface area contributed by atoms with Gasteiger partial charge >= 0.3 is 12.1 Å². The molecule has 0 spiro atoms. The molecule has 1 aromatic rings. The Morgan fingerprint density at radius 1 is 1.26 bits per heavy atom. The van der Waals surface area contributed by atoms with E-state index in [1.807, 2.05) is 0 Å². The molecule has 0 saturated carbocycles. The quantitative estimate of drug-likeness (QED) is 0.621. The summed E-state index contributed by atoms with van der Waals surface area (Å²) in [6.45, 7) is 3.36. The highest BCUT2D eigenvalue weighted by atomic mass is 19.4. The summed E-state index contributed by atoms with van der Waals surface area (Å²) in [5.74, 6) is -3.12. The Labute approximate surface area is 108 Å². The van der Waals surface area contributed by atoms with Crippen LogP contribution in [0.15, 0.2) is 18.2 Å². The second kappa shape index (κ2) is 5.59. The van der Waals surface area contributed by atoms with Crippen LogP contribution >= 0.6 is 0 Å². The molecule has 1 unspecified atom stereocenters. The lowest BCUT2D eigenvalue weighted by atomic mass is 9.87. The summed E-state index contributed by atoms with van der Waals surface area (Å²) in [5, 5.41) is 0. The molecule has 1 rings (SSSR count). The number of esters is 1. The number of hydrogen-bond acceptors (Lipinski definition) is 2. The molecule has 106 valence electrons. The van der Waals surface area contributed by atoms with Crippen molar-refractivity contribution in [2.45, 2.75) is 25.9 Å². The molecule has 6 heteroatoms. The van der Waals surface area contributed by atoms with Crippen molar-refractivity contribution in [3.63, 3.8) is 0 Å². The van der Waals surface area contributed by atoms with Gasteiger partial charge in [0.15, 0.2) is 0 Å². The first-order chi connectivity index (χ1) is 8.68. The topological polar surface area (TPSA) is 26.3 Å². The van der Waals surface area contributed by atoms with Crippen LogP contribution in [0.25, 0.3) is 0 Å². The van der Waals surface area contributed by atoms with E-state index in [4.69, 9.17) is 0 Å². The number of carbonyl (C=O) groups is 1. The second-order valence-corrected chi connectivity index (χ2v) is 4.48. The molecule has 0 aliphatic carbocycles. The molecule has 0 radical (unpaired) electrons. The van der Waals surface area contributed by atoms with Crippen molar-refractivity contribution in [2.75, 3.05) is 7.11 Å². The SMILES string of the molecule is COC(=O)C(c1ccc(F)c(C(F)(F)F)c1)C(C)C. The number of alkyl halides is 3. The molecular weight excluding hydrogens is 264 g/mol. The monoisotopic (exact) mass is 278 g/mol. The summed E-state index contributed by atoms with van der Waals surface area (Å²) >= 11 is 0. The van der Waals surface area contributed by atoms with Crippen LogP contribution in [-0.4, -0.2) is 13.1 Å². The molecule has 2 nitrogen and oxygen atoms in total. The minimum absolute atomic E-state index is 0.0931. The summed E-state index contributed by atoms with van der Waals surface area (Å²) in [5.41, 5.74) is -1.28. The van der Waals surface area contributed by atoms with Crippen LogP contribution in [0.3, 0.4) is 0 Å². The van der Waals surface area contributed by atoms with E-state index in [2.05, 4.69) is 4.74 Å². The fraction of sp³-hybridized carbons (Fsp3) is 0.462. The van der Waals surface area contributed by atoms with Crippen LogP contribution in [0.4, 0.5) is 17.6 Å². The van der Waals surface area contributed by atoms with Gasteiger partial charge < -0.3 is 4.74 Å². The van der Waals surface area contributed by atoms with Crippen LogP contribution in [0, 0.1) is 11.7 Å². The van der Waals surface area contributed by atoms with Gasteiger partial charge in [-0.3, -0.25) is 4.79 Å². The van der Waals surface area contributed by atoms with E-state index >= 15 is 0 Å². The zero-order chi connectivity index (χ0) is 14.8. The van der Waals surface area contributed by atoms with Gasteiger partial charge in [-0.05, 0) is 23.6 Å². The van der Waals surface area contributed by atoms with Gasteiger partial charge in [-0.2, -0.15) is 13.2 Å². The number of methoxy groups -OCH3 is 1. The third-order valence-corrected chi connectivity index (χ3v) is 2.78. The van der Waals surface area contributed by atoms with E-state index < -0.39 is 29.4 Å². The Morgan fingerprint density at radius 2 is 1.84 bits per heavy atom. The van der Waals surface area contributed by atoms with Crippen LogP contribution in [0.5, 0.6) is 0 Å². The lowest BCUT2D eigenvalue weighted by molar-refractivity contribution is -0.144. The Hall–Kier alpha value is -1.59. The molecule has 0 fully saturated rings. The van der Waals surface area contributed by atoms with Gasteiger partial charge in [-0.25, -0.2) is 4.39 Å². The van der Waals surface area contributed by atoms with E-state index in [1.54, 1.807) is 13.8 Å². The number of carbonyl (C=O) groups excluding carboxylic acids is 1. The molecule has 0 bridgehead atoms. The van der Waals surface area contributed by atoms with Crippen molar-refractivity contribution < 1.29 is 27.1 Å². The molecule has 0 heterocycles. The van der Waals surface area contributed by atoms with Gasteiger partial charge in [-0.15, -0.1) is 0 Å². The van der Waals surface area contributed by atoms with Gasteiger partial charge in [0, 0.05) is 0 Å². The summed E-state index contributed by atoms with van der Waals surface area (Å²) in [6, 6.07) is 2.56. The number of hydrogen-bond donors (Lipinski definition) is 0. The van der Waals surface area contributed by atoms with Crippen molar-refractivity contribution in [3.8, 4) is 0 Å².